The van der Waals surface area contributed by atoms with Crippen LogP contribution in [0.3, 0.4) is 0 Å². The minimum atomic E-state index is -0.816. The number of ether oxygens (including phenoxy) is 1. The summed E-state index contributed by atoms with van der Waals surface area (Å²) in [4.78, 5) is 11.9. The lowest BCUT2D eigenvalue weighted by Crippen LogP contribution is -2.32. The third-order valence-corrected chi connectivity index (χ3v) is 2.90. The lowest BCUT2D eigenvalue weighted by atomic mass is 9.94. The maximum Gasteiger partial charge on any atom is 0.257 e. The number of rotatable bonds is 1. The Kier molecular flexibility index (Phi) is 3.22. The van der Waals surface area contributed by atoms with Crippen LogP contribution < -0.4 is 5.32 Å². The Hall–Kier alpha value is -2.05. The molecule has 1 aliphatic rings. The maximum absolute atomic E-state index is 11.9. The molecule has 0 aliphatic carbocycles. The molecule has 2 rings (SSSR count). The molecule has 1 aliphatic heterocycles. The number of nitrogens with one attached hydrogen (secondary N) is 1. The van der Waals surface area contributed by atoms with Gasteiger partial charge in [0.2, 0.25) is 0 Å². The average molecular weight is 241 g/mol. The highest BCUT2D eigenvalue weighted by atomic mass is 16.5. The third-order valence-electron chi connectivity index (χ3n) is 2.90. The van der Waals surface area contributed by atoms with Gasteiger partial charge in [-0.25, -0.2) is 0 Å². The predicted molar refractivity (Wildman–Crippen MR) is 70.9 cm³/mol. The molecular weight excluding hydrogens is 226 g/mol. The second-order valence-corrected chi connectivity index (χ2v) is 4.22. The van der Waals surface area contributed by atoms with Crippen molar-refractivity contribution in [2.45, 2.75) is 25.6 Å². The van der Waals surface area contributed by atoms with Crippen LogP contribution in [0.5, 0.6) is 0 Å². The van der Waals surface area contributed by atoms with Gasteiger partial charge >= 0.3 is 0 Å². The number of hydrogen-bond acceptors (Lipinski definition) is 2. The van der Waals surface area contributed by atoms with Crippen LogP contribution in [0.2, 0.25) is 0 Å². The molecule has 0 saturated carbocycles. The molecule has 1 N–H and O–H groups in total. The Bertz CT molecular complexity index is 553. The summed E-state index contributed by atoms with van der Waals surface area (Å²) in [7, 11) is 0. The highest BCUT2D eigenvalue weighted by Gasteiger charge is 2.36. The highest BCUT2D eigenvalue weighted by Crippen LogP contribution is 2.35. The lowest BCUT2D eigenvalue weighted by molar-refractivity contribution is -0.130. The number of fused-ring (bicyclic) bond motifs is 1. The number of carbonyl (C=O) groups excluding carboxylic acids is 1. The van der Waals surface area contributed by atoms with E-state index in [-0.39, 0.29) is 5.91 Å². The van der Waals surface area contributed by atoms with E-state index in [4.69, 9.17) is 4.74 Å². The zero-order chi connectivity index (χ0) is 13.2. The fraction of sp³-hybridized carbons (Fsp3) is 0.267. The highest BCUT2D eigenvalue weighted by molar-refractivity contribution is 5.97. The van der Waals surface area contributed by atoms with E-state index in [0.717, 1.165) is 11.3 Å². The molecule has 1 amide bonds. The van der Waals surface area contributed by atoms with E-state index in [1.165, 1.54) is 6.08 Å². The van der Waals surface area contributed by atoms with Crippen LogP contribution in [0.4, 0.5) is 5.69 Å². The first-order chi connectivity index (χ1) is 8.60. The van der Waals surface area contributed by atoms with Crippen molar-refractivity contribution in [2.24, 2.45) is 0 Å². The molecule has 92 valence electrons. The molecule has 0 saturated heterocycles. The summed E-state index contributed by atoms with van der Waals surface area (Å²) in [6.45, 7) is 7.24. The summed E-state index contributed by atoms with van der Waals surface area (Å²) < 4.78 is 5.82. The Balaban J connectivity index is 2.60. The molecule has 2 atom stereocenters. The molecule has 18 heavy (non-hydrogen) atoms. The van der Waals surface area contributed by atoms with Crippen molar-refractivity contribution in [1.82, 2.24) is 0 Å². The van der Waals surface area contributed by atoms with Gasteiger partial charge < -0.3 is 10.1 Å². The van der Waals surface area contributed by atoms with Crippen molar-refractivity contribution in [3.8, 4) is 11.8 Å². The Labute approximate surface area is 107 Å². The van der Waals surface area contributed by atoms with E-state index >= 15 is 0 Å². The smallest absolute Gasteiger partial charge is 0.257 e. The average Bonchev–Trinajstić information content (AvgIpc) is 2.46. The van der Waals surface area contributed by atoms with Gasteiger partial charge in [-0.1, -0.05) is 36.8 Å². The van der Waals surface area contributed by atoms with Crippen molar-refractivity contribution in [2.75, 3.05) is 5.32 Å². The second-order valence-electron chi connectivity index (χ2n) is 4.22. The first-order valence-electron chi connectivity index (χ1n) is 5.75. The van der Waals surface area contributed by atoms with Gasteiger partial charge in [-0.2, -0.15) is 0 Å². The van der Waals surface area contributed by atoms with Crippen LogP contribution in [-0.2, 0) is 15.1 Å². The summed E-state index contributed by atoms with van der Waals surface area (Å²) >= 11 is 0. The van der Waals surface area contributed by atoms with Gasteiger partial charge in [0.15, 0.2) is 11.7 Å². The molecule has 0 fully saturated rings. The minimum Gasteiger partial charge on any atom is -0.341 e. The SMILES string of the molecule is C=CC1OC(C)(C#CC)c2ccccc2NC1=O. The molecule has 3 heteroatoms. The number of hydrogen-bond donors (Lipinski definition) is 1. The van der Waals surface area contributed by atoms with Crippen LogP contribution >= 0.6 is 0 Å². The largest absolute Gasteiger partial charge is 0.341 e. The number of amides is 1. The maximum atomic E-state index is 11.9. The van der Waals surface area contributed by atoms with Gasteiger partial charge in [0.05, 0.1) is 0 Å². The molecule has 1 aromatic carbocycles. The number of para-hydroxylation sites is 1. The predicted octanol–water partition coefficient (Wildman–Crippen LogP) is 2.45. The molecule has 2 unspecified atom stereocenters. The fourth-order valence-electron chi connectivity index (χ4n) is 2.07. The van der Waals surface area contributed by atoms with E-state index in [9.17, 15) is 4.79 Å². The van der Waals surface area contributed by atoms with Gasteiger partial charge in [-0.05, 0) is 19.9 Å². The van der Waals surface area contributed by atoms with Crippen LogP contribution in [0, 0.1) is 11.8 Å². The molecule has 3 nitrogen and oxygen atoms in total. The van der Waals surface area contributed by atoms with Crippen molar-refractivity contribution >= 4 is 11.6 Å². The summed E-state index contributed by atoms with van der Waals surface area (Å²) in [6, 6.07) is 7.52. The Morgan fingerprint density at radius 2 is 2.22 bits per heavy atom. The van der Waals surface area contributed by atoms with Crippen LogP contribution in [0.25, 0.3) is 0 Å². The second kappa shape index (κ2) is 4.67. The van der Waals surface area contributed by atoms with Crippen molar-refractivity contribution in [3.63, 3.8) is 0 Å². The van der Waals surface area contributed by atoms with Crippen LogP contribution in [0.15, 0.2) is 36.9 Å². The standard InChI is InChI=1S/C15H15NO2/c1-4-10-15(3)11-8-6-7-9-12(11)16-14(17)13(5-2)18-15/h5-9,13H,2H2,1,3H3,(H,16,17). The third kappa shape index (κ3) is 2.03. The normalized spacial score (nSPS) is 26.1. The molecule has 0 aromatic heterocycles. The van der Waals surface area contributed by atoms with E-state index in [2.05, 4.69) is 23.7 Å². The summed E-state index contributed by atoms with van der Waals surface area (Å²) in [6.07, 6.45) is 0.778. The van der Waals surface area contributed by atoms with E-state index < -0.39 is 11.7 Å². The summed E-state index contributed by atoms with van der Waals surface area (Å²) in [5.41, 5.74) is 0.776. The summed E-state index contributed by atoms with van der Waals surface area (Å²) in [5.74, 6) is 5.66. The van der Waals surface area contributed by atoms with Crippen LogP contribution in [0.1, 0.15) is 19.4 Å². The number of benzene rings is 1. The van der Waals surface area contributed by atoms with E-state index in [1.807, 2.05) is 31.2 Å². The van der Waals surface area contributed by atoms with Gasteiger partial charge in [0.25, 0.3) is 5.91 Å². The van der Waals surface area contributed by atoms with Gasteiger partial charge in [0, 0.05) is 11.3 Å². The molecule has 0 radical (unpaired) electrons. The van der Waals surface area contributed by atoms with Crippen molar-refractivity contribution < 1.29 is 9.53 Å². The molecule has 0 bridgehead atoms. The zero-order valence-corrected chi connectivity index (χ0v) is 10.5. The van der Waals surface area contributed by atoms with Crippen molar-refractivity contribution in [3.05, 3.63) is 42.5 Å². The molecule has 0 spiro atoms. The van der Waals surface area contributed by atoms with Gasteiger partial charge in [-0.3, -0.25) is 4.79 Å². The number of carbonyl (C=O) groups is 1. The Morgan fingerprint density at radius 3 is 2.89 bits per heavy atom. The van der Waals surface area contributed by atoms with Crippen molar-refractivity contribution in [1.29, 1.82) is 0 Å². The quantitative estimate of drug-likeness (QED) is 0.606. The number of anilines is 1. The van der Waals surface area contributed by atoms with E-state index in [1.54, 1.807) is 6.92 Å². The molecular formula is C15H15NO2. The van der Waals surface area contributed by atoms with E-state index in [0.29, 0.717) is 0 Å². The first kappa shape index (κ1) is 12.4. The summed E-state index contributed by atoms with van der Waals surface area (Å²) in [5, 5.41) is 2.83. The molecule has 1 aromatic rings. The van der Waals surface area contributed by atoms with Gasteiger partial charge in [0.1, 0.15) is 0 Å². The lowest BCUT2D eigenvalue weighted by Gasteiger charge is -2.25. The van der Waals surface area contributed by atoms with Crippen LogP contribution in [-0.4, -0.2) is 12.0 Å². The molecule has 1 heterocycles. The Morgan fingerprint density at radius 1 is 1.50 bits per heavy atom. The monoisotopic (exact) mass is 241 g/mol. The van der Waals surface area contributed by atoms with Gasteiger partial charge in [-0.15, -0.1) is 5.92 Å². The first-order valence-corrected chi connectivity index (χ1v) is 5.75. The minimum absolute atomic E-state index is 0.223. The fourth-order valence-corrected chi connectivity index (χ4v) is 2.07. The topological polar surface area (TPSA) is 38.3 Å². The zero-order valence-electron chi connectivity index (χ0n) is 10.5.